The molecule has 2 bridgehead atoms. The van der Waals surface area contributed by atoms with E-state index < -0.39 is 17.7 Å². The normalized spacial score (nSPS) is 22.5. The lowest BCUT2D eigenvalue weighted by atomic mass is 9.78. The first-order valence-electron chi connectivity index (χ1n) is 11.3. The minimum absolute atomic E-state index is 0.159. The predicted octanol–water partition coefficient (Wildman–Crippen LogP) is 5.87. The number of benzene rings is 3. The maximum absolute atomic E-state index is 14.0. The van der Waals surface area contributed by atoms with Crippen LogP contribution in [-0.2, 0) is 4.79 Å². The molecule has 3 aromatic rings. The highest BCUT2D eigenvalue weighted by atomic mass is 79.9. The van der Waals surface area contributed by atoms with E-state index in [0.29, 0.717) is 16.6 Å². The van der Waals surface area contributed by atoms with E-state index in [1.165, 1.54) is 0 Å². The topological polar surface area (TPSA) is 62.8 Å². The SMILES string of the molecule is COc1ccc2c(c1)[C@@H]1NC(=S)N(c3cccc(Br)c3)[C@](C)(O2)[C@@H]1C(=O)Nc1ccc(C)cc1C. The van der Waals surface area contributed by atoms with Crippen molar-refractivity contribution in [3.05, 3.63) is 81.8 Å². The van der Waals surface area contributed by atoms with Gasteiger partial charge in [-0.15, -0.1) is 0 Å². The molecule has 180 valence electrons. The molecule has 0 spiro atoms. The number of hydrogen-bond donors (Lipinski definition) is 2. The highest BCUT2D eigenvalue weighted by Crippen LogP contribution is 2.50. The summed E-state index contributed by atoms with van der Waals surface area (Å²) in [6.07, 6.45) is 0. The maximum Gasteiger partial charge on any atom is 0.236 e. The number of fused-ring (bicyclic) bond motifs is 4. The molecule has 1 amide bonds. The van der Waals surface area contributed by atoms with Crippen LogP contribution in [0, 0.1) is 19.8 Å². The zero-order valence-electron chi connectivity index (χ0n) is 19.9. The van der Waals surface area contributed by atoms with Gasteiger partial charge in [-0.1, -0.05) is 39.7 Å². The molecule has 0 unspecified atom stereocenters. The van der Waals surface area contributed by atoms with Crippen LogP contribution in [0.4, 0.5) is 11.4 Å². The molecule has 1 fully saturated rings. The van der Waals surface area contributed by atoms with Gasteiger partial charge in [0.1, 0.15) is 17.4 Å². The second kappa shape index (κ2) is 8.84. The van der Waals surface area contributed by atoms with Gasteiger partial charge in [0, 0.05) is 21.4 Å². The molecule has 0 aliphatic carbocycles. The summed E-state index contributed by atoms with van der Waals surface area (Å²) in [5, 5.41) is 7.07. The number of thiocarbonyl (C=S) groups is 1. The third kappa shape index (κ3) is 4.04. The van der Waals surface area contributed by atoms with Crippen molar-refractivity contribution in [2.24, 2.45) is 5.92 Å². The van der Waals surface area contributed by atoms with Crippen LogP contribution in [0.2, 0.25) is 0 Å². The molecule has 0 aromatic heterocycles. The Labute approximate surface area is 218 Å². The number of carbonyl (C=O) groups is 1. The van der Waals surface area contributed by atoms with Crippen molar-refractivity contribution in [3.63, 3.8) is 0 Å². The van der Waals surface area contributed by atoms with Crippen molar-refractivity contribution >= 4 is 50.5 Å². The molecule has 0 saturated carbocycles. The third-order valence-electron chi connectivity index (χ3n) is 6.69. The van der Waals surface area contributed by atoms with Crippen LogP contribution in [0.1, 0.15) is 29.7 Å². The van der Waals surface area contributed by atoms with E-state index in [4.69, 9.17) is 21.7 Å². The number of rotatable bonds is 4. The minimum Gasteiger partial charge on any atom is -0.497 e. The van der Waals surface area contributed by atoms with E-state index >= 15 is 0 Å². The van der Waals surface area contributed by atoms with Gasteiger partial charge in [-0.05, 0) is 81.0 Å². The number of ether oxygens (including phenoxy) is 2. The number of nitrogens with one attached hydrogen (secondary N) is 2. The lowest BCUT2D eigenvalue weighted by Gasteiger charge is -2.56. The number of aryl methyl sites for hydroxylation is 2. The van der Waals surface area contributed by atoms with E-state index in [9.17, 15) is 4.79 Å². The average molecular weight is 552 g/mol. The van der Waals surface area contributed by atoms with Crippen LogP contribution in [0.15, 0.2) is 65.1 Å². The summed E-state index contributed by atoms with van der Waals surface area (Å²) in [5.74, 6) is 0.580. The molecule has 3 atom stereocenters. The Bertz CT molecular complexity index is 1350. The van der Waals surface area contributed by atoms with Crippen LogP contribution < -0.4 is 25.0 Å². The fourth-order valence-electron chi connectivity index (χ4n) is 5.06. The van der Waals surface area contributed by atoms with Crippen LogP contribution in [0.25, 0.3) is 0 Å². The summed E-state index contributed by atoms with van der Waals surface area (Å²) >= 11 is 9.38. The summed E-state index contributed by atoms with van der Waals surface area (Å²) in [4.78, 5) is 15.9. The second-order valence-electron chi connectivity index (χ2n) is 9.09. The highest BCUT2D eigenvalue weighted by molar-refractivity contribution is 9.10. The van der Waals surface area contributed by atoms with Crippen LogP contribution in [0.3, 0.4) is 0 Å². The molecule has 2 heterocycles. The number of hydrogen-bond acceptors (Lipinski definition) is 4. The van der Waals surface area contributed by atoms with Crippen molar-refractivity contribution in [1.29, 1.82) is 0 Å². The molecule has 35 heavy (non-hydrogen) atoms. The van der Waals surface area contributed by atoms with Gasteiger partial charge in [0.05, 0.1) is 13.2 Å². The molecule has 8 heteroatoms. The Morgan fingerprint density at radius 2 is 1.97 bits per heavy atom. The van der Waals surface area contributed by atoms with E-state index in [1.807, 2.05) is 80.3 Å². The Morgan fingerprint density at radius 3 is 2.69 bits per heavy atom. The molecule has 5 rings (SSSR count). The summed E-state index contributed by atoms with van der Waals surface area (Å²) in [7, 11) is 1.62. The van der Waals surface area contributed by atoms with Crippen molar-refractivity contribution < 1.29 is 14.3 Å². The molecule has 2 N–H and O–H groups in total. The quantitative estimate of drug-likeness (QED) is 0.395. The van der Waals surface area contributed by atoms with Gasteiger partial charge in [0.15, 0.2) is 10.8 Å². The van der Waals surface area contributed by atoms with Crippen molar-refractivity contribution in [3.8, 4) is 11.5 Å². The van der Waals surface area contributed by atoms with Crippen LogP contribution in [-0.4, -0.2) is 23.9 Å². The van der Waals surface area contributed by atoms with Gasteiger partial charge >= 0.3 is 0 Å². The fraction of sp³-hybridized carbons (Fsp3) is 0.259. The summed E-state index contributed by atoms with van der Waals surface area (Å²) in [6.45, 7) is 5.95. The van der Waals surface area contributed by atoms with E-state index in [0.717, 1.165) is 32.5 Å². The second-order valence-corrected chi connectivity index (χ2v) is 10.4. The van der Waals surface area contributed by atoms with E-state index in [1.54, 1.807) is 7.11 Å². The number of halogens is 1. The Balaban J connectivity index is 1.64. The first-order chi connectivity index (χ1) is 16.7. The highest BCUT2D eigenvalue weighted by Gasteiger charge is 2.59. The van der Waals surface area contributed by atoms with Crippen LogP contribution in [0.5, 0.6) is 11.5 Å². The standard InChI is InChI=1S/C27H26BrN3O3S/c1-15-8-10-21(16(2)12-15)29-25(32)23-24-20-14-19(33-4)9-11-22(20)34-27(23,3)31(26(35)30-24)18-7-5-6-17(28)13-18/h5-14,23-24H,1-4H3,(H,29,32)(H,30,35)/t23-,24-,27+/m0/s1. The number of methoxy groups -OCH3 is 1. The van der Waals surface area contributed by atoms with E-state index in [2.05, 4.69) is 32.6 Å². The first kappa shape index (κ1) is 23.6. The molecule has 0 radical (unpaired) electrons. The lowest BCUT2D eigenvalue weighted by molar-refractivity contribution is -0.130. The molecule has 2 aliphatic rings. The van der Waals surface area contributed by atoms with Gasteiger partial charge in [-0.3, -0.25) is 9.69 Å². The summed E-state index contributed by atoms with van der Waals surface area (Å²) in [5.41, 5.74) is 3.48. The Hall–Kier alpha value is -3.10. The van der Waals surface area contributed by atoms with Gasteiger partial charge in [0.25, 0.3) is 0 Å². The molecule has 2 aliphatic heterocycles. The maximum atomic E-state index is 14.0. The van der Waals surface area contributed by atoms with E-state index in [-0.39, 0.29) is 5.91 Å². The molecule has 3 aromatic carbocycles. The largest absolute Gasteiger partial charge is 0.497 e. The summed E-state index contributed by atoms with van der Waals surface area (Å²) < 4.78 is 13.0. The summed E-state index contributed by atoms with van der Waals surface area (Å²) in [6, 6.07) is 19.0. The first-order valence-corrected chi connectivity index (χ1v) is 12.5. The third-order valence-corrected chi connectivity index (χ3v) is 7.49. The Morgan fingerprint density at radius 1 is 1.17 bits per heavy atom. The van der Waals surface area contributed by atoms with Crippen LogP contribution >= 0.6 is 28.1 Å². The number of carbonyl (C=O) groups excluding carboxylic acids is 1. The monoisotopic (exact) mass is 551 g/mol. The molecular formula is C27H26BrN3O3S. The molecule has 6 nitrogen and oxygen atoms in total. The number of amides is 1. The average Bonchev–Trinajstić information content (AvgIpc) is 2.80. The molecular weight excluding hydrogens is 526 g/mol. The van der Waals surface area contributed by atoms with Gasteiger partial charge in [-0.2, -0.15) is 0 Å². The zero-order valence-corrected chi connectivity index (χ0v) is 22.3. The minimum atomic E-state index is -1.09. The van der Waals surface area contributed by atoms with Crippen molar-refractivity contribution in [2.45, 2.75) is 32.5 Å². The van der Waals surface area contributed by atoms with Gasteiger partial charge in [-0.25, -0.2) is 0 Å². The molecule has 1 saturated heterocycles. The fourth-order valence-corrected chi connectivity index (χ4v) is 5.86. The zero-order chi connectivity index (χ0) is 24.9. The Kier molecular flexibility index (Phi) is 5.97. The number of anilines is 2. The van der Waals surface area contributed by atoms with Gasteiger partial charge < -0.3 is 20.1 Å². The predicted molar refractivity (Wildman–Crippen MR) is 145 cm³/mol. The van der Waals surface area contributed by atoms with Gasteiger partial charge in [0.2, 0.25) is 5.91 Å². The van der Waals surface area contributed by atoms with Crippen molar-refractivity contribution in [2.75, 3.05) is 17.3 Å². The van der Waals surface area contributed by atoms with Crippen molar-refractivity contribution in [1.82, 2.24) is 5.32 Å². The number of nitrogens with zero attached hydrogens (tertiary/aromatic N) is 1. The smallest absolute Gasteiger partial charge is 0.236 e. The lowest BCUT2D eigenvalue weighted by Crippen LogP contribution is -2.72.